The standard InChI is InChI=1S/C16H41N4OP/c1-9-17(10-2)22(21,18(11-3)12-4,19(13-5)14-6)20(15-7)16-8/h21H,9-16H2,1-8H3. The first-order valence-electron chi connectivity index (χ1n) is 9.19. The van der Waals surface area contributed by atoms with E-state index in [-0.39, 0.29) is 0 Å². The van der Waals surface area contributed by atoms with Gasteiger partial charge in [0.25, 0.3) is 0 Å². The van der Waals surface area contributed by atoms with Crippen LogP contribution in [0.25, 0.3) is 0 Å². The Hall–Kier alpha value is 0.230. The topological polar surface area (TPSA) is 33.2 Å². The fourth-order valence-corrected chi connectivity index (χ4v) is 10.2. The fraction of sp³-hybridized carbons (Fsp3) is 1.00. The summed E-state index contributed by atoms with van der Waals surface area (Å²) >= 11 is 0. The van der Waals surface area contributed by atoms with Gasteiger partial charge in [-0.15, -0.1) is 0 Å². The molecule has 0 unspecified atom stereocenters. The van der Waals surface area contributed by atoms with Gasteiger partial charge >= 0.3 is 139 Å². The van der Waals surface area contributed by atoms with E-state index in [9.17, 15) is 4.89 Å². The molecule has 0 rings (SSSR count). The van der Waals surface area contributed by atoms with Crippen molar-refractivity contribution >= 4 is 7.43 Å². The van der Waals surface area contributed by atoms with Crippen LogP contribution in [0.3, 0.4) is 0 Å². The van der Waals surface area contributed by atoms with E-state index in [2.05, 4.69) is 74.1 Å². The van der Waals surface area contributed by atoms with Crippen LogP contribution in [-0.2, 0) is 0 Å². The van der Waals surface area contributed by atoms with Crippen molar-refractivity contribution in [3.05, 3.63) is 0 Å². The molecule has 136 valence electrons. The van der Waals surface area contributed by atoms with Crippen LogP contribution in [0, 0.1) is 0 Å². The molecule has 0 bridgehead atoms. The second-order valence-electron chi connectivity index (χ2n) is 5.45. The van der Waals surface area contributed by atoms with Crippen LogP contribution in [0.4, 0.5) is 0 Å². The Labute approximate surface area is 139 Å². The quantitative estimate of drug-likeness (QED) is 0.552. The van der Waals surface area contributed by atoms with Gasteiger partial charge < -0.3 is 0 Å². The average Bonchev–Trinajstić information content (AvgIpc) is 2.51. The predicted octanol–water partition coefficient (Wildman–Crippen LogP) is 3.47. The molecule has 0 aliphatic rings. The van der Waals surface area contributed by atoms with E-state index in [1.165, 1.54) is 0 Å². The summed E-state index contributed by atoms with van der Waals surface area (Å²) in [5.41, 5.74) is 0. The van der Waals surface area contributed by atoms with Gasteiger partial charge in [-0.2, -0.15) is 0 Å². The molecule has 0 atom stereocenters. The number of hydrogen-bond acceptors (Lipinski definition) is 5. The predicted molar refractivity (Wildman–Crippen MR) is 101 cm³/mol. The van der Waals surface area contributed by atoms with Crippen LogP contribution in [0.5, 0.6) is 0 Å². The van der Waals surface area contributed by atoms with Gasteiger partial charge in [0.1, 0.15) is 0 Å². The van der Waals surface area contributed by atoms with Crippen LogP contribution < -0.4 is 0 Å². The molecule has 0 radical (unpaired) electrons. The van der Waals surface area contributed by atoms with E-state index in [0.29, 0.717) is 0 Å². The van der Waals surface area contributed by atoms with Crippen molar-refractivity contribution in [3.8, 4) is 0 Å². The SMILES string of the molecule is CCN(CC)P(O)(N(CC)CC)(N(CC)CC)N(CC)CC. The van der Waals surface area contributed by atoms with Crippen molar-refractivity contribution in [2.75, 3.05) is 52.4 Å². The summed E-state index contributed by atoms with van der Waals surface area (Å²) in [6.45, 7) is 24.2. The van der Waals surface area contributed by atoms with Crippen LogP contribution >= 0.6 is 7.43 Å². The van der Waals surface area contributed by atoms with Crippen molar-refractivity contribution in [2.45, 2.75) is 55.4 Å². The van der Waals surface area contributed by atoms with Crippen molar-refractivity contribution < 1.29 is 4.89 Å². The van der Waals surface area contributed by atoms with Crippen LogP contribution in [0.2, 0.25) is 0 Å². The van der Waals surface area contributed by atoms with Crippen molar-refractivity contribution in [2.24, 2.45) is 0 Å². The van der Waals surface area contributed by atoms with Gasteiger partial charge in [-0.3, -0.25) is 0 Å². The number of rotatable bonds is 12. The first kappa shape index (κ1) is 22.2. The van der Waals surface area contributed by atoms with E-state index in [1.807, 2.05) is 0 Å². The summed E-state index contributed by atoms with van der Waals surface area (Å²) in [5, 5.41) is 0. The van der Waals surface area contributed by atoms with Gasteiger partial charge in [0.2, 0.25) is 0 Å². The van der Waals surface area contributed by atoms with E-state index in [4.69, 9.17) is 0 Å². The average molecular weight is 337 g/mol. The Morgan fingerprint density at radius 1 is 0.455 bits per heavy atom. The fourth-order valence-electron chi connectivity index (χ4n) is 3.99. The Kier molecular flexibility index (Phi) is 9.61. The molecular formula is C16H41N4OP. The molecule has 0 spiro atoms. The molecule has 5 nitrogen and oxygen atoms in total. The Morgan fingerprint density at radius 2 is 0.591 bits per heavy atom. The molecule has 0 aromatic carbocycles. The molecule has 0 aromatic heterocycles. The van der Waals surface area contributed by atoms with E-state index in [1.54, 1.807) is 0 Å². The van der Waals surface area contributed by atoms with Gasteiger partial charge in [-0.1, -0.05) is 0 Å². The van der Waals surface area contributed by atoms with Crippen molar-refractivity contribution in [1.82, 2.24) is 18.7 Å². The normalized spacial score (nSPS) is 15.0. The third-order valence-electron chi connectivity index (χ3n) is 4.94. The van der Waals surface area contributed by atoms with Crippen molar-refractivity contribution in [3.63, 3.8) is 0 Å². The zero-order valence-corrected chi connectivity index (χ0v) is 17.2. The summed E-state index contributed by atoms with van der Waals surface area (Å²) in [5.74, 6) is 0. The van der Waals surface area contributed by atoms with Gasteiger partial charge in [0, 0.05) is 0 Å². The zero-order valence-electron chi connectivity index (χ0n) is 16.3. The molecule has 0 aliphatic carbocycles. The third kappa shape index (κ3) is 3.22. The summed E-state index contributed by atoms with van der Waals surface area (Å²) in [4.78, 5) is 12.6. The van der Waals surface area contributed by atoms with Crippen LogP contribution in [0.1, 0.15) is 55.4 Å². The summed E-state index contributed by atoms with van der Waals surface area (Å²) in [6.07, 6.45) is 0. The Bertz CT molecular complexity index is 241. The minimum absolute atomic E-state index is 0.855. The van der Waals surface area contributed by atoms with Gasteiger partial charge in [0.05, 0.1) is 0 Å². The molecule has 0 aliphatic heterocycles. The molecule has 6 heteroatoms. The molecule has 0 saturated carbocycles. The molecule has 0 fully saturated rings. The van der Waals surface area contributed by atoms with Gasteiger partial charge in [-0.25, -0.2) is 0 Å². The van der Waals surface area contributed by atoms with Crippen LogP contribution in [0.15, 0.2) is 0 Å². The van der Waals surface area contributed by atoms with Gasteiger partial charge in [-0.05, 0) is 0 Å². The molecule has 0 saturated heterocycles. The molecule has 0 amide bonds. The summed E-state index contributed by atoms with van der Waals surface area (Å²) in [6, 6.07) is 0. The van der Waals surface area contributed by atoms with Gasteiger partial charge in [0.15, 0.2) is 0 Å². The molecule has 22 heavy (non-hydrogen) atoms. The maximum atomic E-state index is 12.6. The molecule has 0 aromatic rings. The number of nitrogens with zero attached hydrogens (tertiary/aromatic N) is 4. The maximum absolute atomic E-state index is 12.6. The summed E-state index contributed by atoms with van der Waals surface area (Å²) < 4.78 is 9.33. The Balaban J connectivity index is 6.61. The van der Waals surface area contributed by atoms with Crippen molar-refractivity contribution in [1.29, 1.82) is 0 Å². The molecule has 1 N–H and O–H groups in total. The second kappa shape index (κ2) is 9.51. The summed E-state index contributed by atoms with van der Waals surface area (Å²) in [7, 11) is -3.49. The Morgan fingerprint density at radius 3 is 0.682 bits per heavy atom. The second-order valence-corrected chi connectivity index (χ2v) is 9.50. The molecule has 0 heterocycles. The first-order chi connectivity index (χ1) is 10.4. The van der Waals surface area contributed by atoms with E-state index in [0.717, 1.165) is 52.4 Å². The van der Waals surface area contributed by atoms with E-state index < -0.39 is 7.43 Å². The first-order valence-corrected chi connectivity index (χ1v) is 11.2. The zero-order chi connectivity index (χ0) is 17.4. The monoisotopic (exact) mass is 336 g/mol. The van der Waals surface area contributed by atoms with E-state index >= 15 is 0 Å². The third-order valence-corrected chi connectivity index (χ3v) is 11.3. The molecular weight excluding hydrogens is 295 g/mol. The number of hydrogen-bond donors (Lipinski definition) is 1. The van der Waals surface area contributed by atoms with Crippen LogP contribution in [-0.4, -0.2) is 75.9 Å². The minimum atomic E-state index is -3.49.